The summed E-state index contributed by atoms with van der Waals surface area (Å²) in [6.07, 6.45) is 0. The molecule has 0 saturated carbocycles. The molecule has 2 aliphatic rings. The van der Waals surface area contributed by atoms with E-state index in [1.54, 1.807) is 24.3 Å². The Hall–Kier alpha value is -3.19. The van der Waals surface area contributed by atoms with Crippen LogP contribution in [0.5, 0.6) is 0 Å². The molecule has 2 aliphatic heterocycles. The second-order valence-electron chi connectivity index (χ2n) is 7.52. The third-order valence-corrected chi connectivity index (χ3v) is 5.51. The first-order chi connectivity index (χ1) is 14.0. The number of benzene rings is 2. The van der Waals surface area contributed by atoms with Gasteiger partial charge in [0.05, 0.1) is 19.1 Å². The molecule has 1 N–H and O–H groups in total. The van der Waals surface area contributed by atoms with Gasteiger partial charge in [-0.3, -0.25) is 14.5 Å². The Bertz CT molecular complexity index is 897. The molecular formula is C22H24N4O3. The Kier molecular flexibility index (Phi) is 5.31. The lowest BCUT2D eigenvalue weighted by atomic mass is 10.0. The minimum atomic E-state index is -0.377. The molecule has 7 heteroatoms. The summed E-state index contributed by atoms with van der Waals surface area (Å²) in [4.78, 5) is 42.0. The molecule has 150 valence electrons. The predicted molar refractivity (Wildman–Crippen MR) is 108 cm³/mol. The summed E-state index contributed by atoms with van der Waals surface area (Å²) in [5, 5.41) is 2.51. The monoisotopic (exact) mass is 392 g/mol. The molecule has 29 heavy (non-hydrogen) atoms. The van der Waals surface area contributed by atoms with Crippen LogP contribution in [0.1, 0.15) is 27.5 Å². The van der Waals surface area contributed by atoms with Crippen molar-refractivity contribution in [3.8, 4) is 0 Å². The molecular weight excluding hydrogens is 368 g/mol. The van der Waals surface area contributed by atoms with Crippen molar-refractivity contribution in [1.82, 2.24) is 20.0 Å². The maximum Gasteiger partial charge on any atom is 0.324 e. The van der Waals surface area contributed by atoms with Crippen LogP contribution < -0.4 is 5.32 Å². The van der Waals surface area contributed by atoms with E-state index >= 15 is 0 Å². The highest BCUT2D eigenvalue weighted by molar-refractivity contribution is 6.01. The van der Waals surface area contributed by atoms with Gasteiger partial charge in [-0.15, -0.1) is 0 Å². The van der Waals surface area contributed by atoms with Crippen LogP contribution >= 0.6 is 0 Å². The van der Waals surface area contributed by atoms with Gasteiger partial charge in [0, 0.05) is 25.2 Å². The Balaban J connectivity index is 1.50. The van der Waals surface area contributed by atoms with E-state index in [1.165, 1.54) is 4.90 Å². The molecule has 2 fully saturated rings. The van der Waals surface area contributed by atoms with Gasteiger partial charge in [0.1, 0.15) is 0 Å². The van der Waals surface area contributed by atoms with Crippen molar-refractivity contribution in [2.75, 3.05) is 33.2 Å². The fourth-order valence-electron chi connectivity index (χ4n) is 3.84. The minimum Gasteiger partial charge on any atom is -0.329 e. The highest BCUT2D eigenvalue weighted by Crippen LogP contribution is 2.26. The van der Waals surface area contributed by atoms with Crippen LogP contribution in [0, 0.1) is 0 Å². The summed E-state index contributed by atoms with van der Waals surface area (Å²) in [5.74, 6) is -0.244. The number of carbonyl (C=O) groups excluding carboxylic acids is 3. The normalized spacial score (nSPS) is 20.1. The summed E-state index contributed by atoms with van der Waals surface area (Å²) in [5.41, 5.74) is 2.55. The van der Waals surface area contributed by atoms with Gasteiger partial charge in [-0.25, -0.2) is 4.79 Å². The second-order valence-corrected chi connectivity index (χ2v) is 7.52. The van der Waals surface area contributed by atoms with E-state index in [2.05, 4.69) is 29.4 Å². The zero-order valence-corrected chi connectivity index (χ0v) is 16.4. The Morgan fingerprint density at radius 2 is 1.76 bits per heavy atom. The molecule has 2 aromatic carbocycles. The van der Waals surface area contributed by atoms with Crippen LogP contribution in [0.4, 0.5) is 4.79 Å². The number of piperazine rings is 1. The average Bonchev–Trinajstić information content (AvgIpc) is 3.06. The topological polar surface area (TPSA) is 73.0 Å². The second kappa shape index (κ2) is 8.05. The number of amides is 4. The van der Waals surface area contributed by atoms with E-state index in [4.69, 9.17) is 0 Å². The van der Waals surface area contributed by atoms with Crippen LogP contribution in [-0.2, 0) is 11.3 Å². The lowest BCUT2D eigenvalue weighted by Crippen LogP contribution is -2.49. The maximum atomic E-state index is 13.2. The zero-order chi connectivity index (χ0) is 20.4. The fraction of sp³-hybridized carbons (Fsp3) is 0.318. The number of nitrogens with zero attached hydrogens (tertiary/aromatic N) is 3. The quantitative estimate of drug-likeness (QED) is 0.807. The number of urea groups is 1. The van der Waals surface area contributed by atoms with Crippen LogP contribution in [0.3, 0.4) is 0 Å². The first kappa shape index (κ1) is 19.1. The van der Waals surface area contributed by atoms with Gasteiger partial charge in [0.2, 0.25) is 5.91 Å². The van der Waals surface area contributed by atoms with Gasteiger partial charge >= 0.3 is 6.03 Å². The minimum absolute atomic E-state index is 0.00602. The van der Waals surface area contributed by atoms with Crippen molar-refractivity contribution >= 4 is 17.8 Å². The van der Waals surface area contributed by atoms with E-state index in [-0.39, 0.29) is 37.0 Å². The van der Waals surface area contributed by atoms with Crippen LogP contribution in [0.25, 0.3) is 0 Å². The smallest absolute Gasteiger partial charge is 0.324 e. The standard InChI is InChI=1S/C22H24N4O3/c1-24-11-12-25(19(15-24)17-5-3-2-4-6-17)21(28)18-9-7-16(8-10-18)14-26-20(27)13-23-22(26)29/h2-10,19H,11-15H2,1H3,(H,23,29)/t19-/m0/s1. The maximum absolute atomic E-state index is 13.2. The number of nitrogens with one attached hydrogen (secondary N) is 1. The van der Waals surface area contributed by atoms with Crippen LogP contribution in [0.15, 0.2) is 54.6 Å². The van der Waals surface area contributed by atoms with E-state index in [9.17, 15) is 14.4 Å². The van der Waals surface area contributed by atoms with E-state index in [0.717, 1.165) is 24.2 Å². The molecule has 0 bridgehead atoms. The Morgan fingerprint density at radius 3 is 2.41 bits per heavy atom. The van der Waals surface area contributed by atoms with Crippen molar-refractivity contribution < 1.29 is 14.4 Å². The zero-order valence-electron chi connectivity index (χ0n) is 16.4. The molecule has 2 aromatic rings. The number of imide groups is 1. The molecule has 7 nitrogen and oxygen atoms in total. The third-order valence-electron chi connectivity index (χ3n) is 5.51. The average molecular weight is 392 g/mol. The number of carbonyl (C=O) groups is 3. The summed E-state index contributed by atoms with van der Waals surface area (Å²) < 4.78 is 0. The molecule has 2 saturated heterocycles. The first-order valence-corrected chi connectivity index (χ1v) is 9.74. The molecule has 1 atom stereocenters. The number of hydrogen-bond acceptors (Lipinski definition) is 4. The highest BCUT2D eigenvalue weighted by atomic mass is 16.2. The highest BCUT2D eigenvalue weighted by Gasteiger charge is 2.31. The van der Waals surface area contributed by atoms with Crippen LogP contribution in [-0.4, -0.2) is 65.8 Å². The van der Waals surface area contributed by atoms with Gasteiger partial charge < -0.3 is 15.1 Å². The first-order valence-electron chi connectivity index (χ1n) is 9.74. The molecule has 0 radical (unpaired) electrons. The molecule has 2 heterocycles. The number of rotatable bonds is 4. The Morgan fingerprint density at radius 1 is 1.03 bits per heavy atom. The lowest BCUT2D eigenvalue weighted by Gasteiger charge is -2.40. The van der Waals surface area contributed by atoms with Crippen molar-refractivity contribution in [2.45, 2.75) is 12.6 Å². The molecule has 4 amide bonds. The van der Waals surface area contributed by atoms with E-state index in [0.29, 0.717) is 12.1 Å². The lowest BCUT2D eigenvalue weighted by molar-refractivity contribution is -0.125. The van der Waals surface area contributed by atoms with Crippen molar-refractivity contribution in [3.63, 3.8) is 0 Å². The van der Waals surface area contributed by atoms with Crippen molar-refractivity contribution in [1.29, 1.82) is 0 Å². The van der Waals surface area contributed by atoms with Crippen molar-refractivity contribution in [2.24, 2.45) is 0 Å². The molecule has 0 spiro atoms. The van der Waals surface area contributed by atoms with Gasteiger partial charge in [-0.1, -0.05) is 42.5 Å². The summed E-state index contributed by atoms with van der Waals surface area (Å²) in [6, 6.07) is 16.9. The van der Waals surface area contributed by atoms with E-state index in [1.807, 2.05) is 23.1 Å². The molecule has 0 aromatic heterocycles. The number of likely N-dealkylation sites (N-methyl/N-ethyl adjacent to an activating group) is 1. The van der Waals surface area contributed by atoms with Crippen molar-refractivity contribution in [3.05, 3.63) is 71.3 Å². The van der Waals surface area contributed by atoms with E-state index < -0.39 is 0 Å². The van der Waals surface area contributed by atoms with Gasteiger partial charge in [-0.2, -0.15) is 0 Å². The van der Waals surface area contributed by atoms with Crippen LogP contribution in [0.2, 0.25) is 0 Å². The summed E-state index contributed by atoms with van der Waals surface area (Å²) in [7, 11) is 2.07. The Labute approximate surface area is 169 Å². The number of hydrogen-bond donors (Lipinski definition) is 1. The van der Waals surface area contributed by atoms with Gasteiger partial charge in [-0.05, 0) is 30.3 Å². The third kappa shape index (κ3) is 4.00. The fourth-order valence-corrected chi connectivity index (χ4v) is 3.84. The van der Waals surface area contributed by atoms with Gasteiger partial charge in [0.25, 0.3) is 5.91 Å². The summed E-state index contributed by atoms with van der Waals surface area (Å²) in [6.45, 7) is 2.54. The summed E-state index contributed by atoms with van der Waals surface area (Å²) >= 11 is 0. The molecule has 0 aliphatic carbocycles. The predicted octanol–water partition coefficient (Wildman–Crippen LogP) is 1.87. The SMILES string of the molecule is CN1CCN(C(=O)c2ccc(CN3C(=O)CNC3=O)cc2)[C@H](c2ccccc2)C1. The molecule has 0 unspecified atom stereocenters. The van der Waals surface area contributed by atoms with Gasteiger partial charge in [0.15, 0.2) is 0 Å². The molecule has 4 rings (SSSR count). The largest absolute Gasteiger partial charge is 0.329 e.